The van der Waals surface area contributed by atoms with E-state index in [2.05, 4.69) is 9.72 Å². The molecule has 0 saturated carbocycles. The minimum absolute atomic E-state index is 0.128. The second kappa shape index (κ2) is 4.43. The SMILES string of the molecule is O=C(O)C(O)c1nc2c(OC(F)(F)F)cccc2o1. The molecule has 1 atom stereocenters. The molecule has 1 heterocycles. The molecule has 1 aromatic carbocycles. The Morgan fingerprint density at radius 3 is 2.68 bits per heavy atom. The Kier molecular flexibility index (Phi) is 3.06. The molecule has 2 rings (SSSR count). The van der Waals surface area contributed by atoms with Crippen molar-refractivity contribution in [2.24, 2.45) is 0 Å². The third-order valence-electron chi connectivity index (χ3n) is 2.09. The van der Waals surface area contributed by atoms with E-state index in [9.17, 15) is 23.1 Å². The van der Waals surface area contributed by atoms with Gasteiger partial charge in [-0.15, -0.1) is 13.2 Å². The summed E-state index contributed by atoms with van der Waals surface area (Å²) >= 11 is 0. The lowest BCUT2D eigenvalue weighted by molar-refractivity contribution is -0.274. The lowest BCUT2D eigenvalue weighted by atomic mass is 10.3. The Labute approximate surface area is 103 Å². The molecule has 0 saturated heterocycles. The van der Waals surface area contributed by atoms with Crippen LogP contribution in [0.5, 0.6) is 5.75 Å². The number of alkyl halides is 3. The Morgan fingerprint density at radius 2 is 2.11 bits per heavy atom. The Hall–Kier alpha value is -2.29. The van der Waals surface area contributed by atoms with Crippen molar-refractivity contribution in [2.75, 3.05) is 0 Å². The number of benzene rings is 1. The quantitative estimate of drug-likeness (QED) is 0.889. The number of aliphatic hydroxyl groups excluding tert-OH is 1. The molecular weight excluding hydrogens is 271 g/mol. The number of fused-ring (bicyclic) bond motifs is 1. The van der Waals surface area contributed by atoms with Crippen molar-refractivity contribution in [3.63, 3.8) is 0 Å². The van der Waals surface area contributed by atoms with Gasteiger partial charge in [-0.2, -0.15) is 0 Å². The lowest BCUT2D eigenvalue weighted by Gasteiger charge is -2.08. The summed E-state index contributed by atoms with van der Waals surface area (Å²) in [6.07, 6.45) is -6.98. The Balaban J connectivity index is 2.48. The number of rotatable bonds is 3. The number of carboxylic acids is 1. The molecule has 102 valence electrons. The van der Waals surface area contributed by atoms with Gasteiger partial charge in [0.1, 0.15) is 0 Å². The van der Waals surface area contributed by atoms with E-state index in [0.717, 1.165) is 6.07 Å². The highest BCUT2D eigenvalue weighted by molar-refractivity contribution is 5.81. The monoisotopic (exact) mass is 277 g/mol. The van der Waals surface area contributed by atoms with E-state index >= 15 is 0 Å². The van der Waals surface area contributed by atoms with E-state index in [1.807, 2.05) is 0 Å². The maximum atomic E-state index is 12.1. The average Bonchev–Trinajstić information content (AvgIpc) is 2.70. The van der Waals surface area contributed by atoms with Crippen LogP contribution in [0.3, 0.4) is 0 Å². The maximum absolute atomic E-state index is 12.1. The van der Waals surface area contributed by atoms with Crippen molar-refractivity contribution in [3.8, 4) is 5.75 Å². The van der Waals surface area contributed by atoms with E-state index in [0.29, 0.717) is 0 Å². The zero-order valence-electron chi connectivity index (χ0n) is 9.01. The van der Waals surface area contributed by atoms with Crippen LogP contribution < -0.4 is 4.74 Å². The van der Waals surface area contributed by atoms with E-state index in [1.54, 1.807) is 0 Å². The molecule has 0 amide bonds. The van der Waals surface area contributed by atoms with Crippen molar-refractivity contribution in [1.82, 2.24) is 4.98 Å². The molecule has 0 radical (unpaired) electrons. The van der Waals surface area contributed by atoms with Gasteiger partial charge >= 0.3 is 12.3 Å². The van der Waals surface area contributed by atoms with Gasteiger partial charge in [0, 0.05) is 0 Å². The van der Waals surface area contributed by atoms with Crippen molar-refractivity contribution in [2.45, 2.75) is 12.5 Å². The molecule has 0 bridgehead atoms. The number of hydrogen-bond donors (Lipinski definition) is 2. The van der Waals surface area contributed by atoms with Crippen LogP contribution in [-0.2, 0) is 4.79 Å². The average molecular weight is 277 g/mol. The predicted octanol–water partition coefficient (Wildman–Crippen LogP) is 1.84. The first-order valence-electron chi connectivity index (χ1n) is 4.84. The van der Waals surface area contributed by atoms with Crippen LogP contribution in [0.2, 0.25) is 0 Å². The Bertz CT molecular complexity index is 621. The molecular formula is C10H6F3NO5. The third kappa shape index (κ3) is 2.76. The molecule has 0 aliphatic carbocycles. The number of hydrogen-bond acceptors (Lipinski definition) is 5. The zero-order chi connectivity index (χ0) is 14.2. The topological polar surface area (TPSA) is 92.8 Å². The summed E-state index contributed by atoms with van der Waals surface area (Å²) in [5.74, 6) is -2.90. The molecule has 0 fully saturated rings. The number of para-hydroxylation sites is 1. The first-order valence-corrected chi connectivity index (χ1v) is 4.84. The second-order valence-corrected chi connectivity index (χ2v) is 3.44. The summed E-state index contributed by atoms with van der Waals surface area (Å²) in [7, 11) is 0. The van der Waals surface area contributed by atoms with Gasteiger partial charge in [0.25, 0.3) is 0 Å². The van der Waals surface area contributed by atoms with Crippen LogP contribution in [0.1, 0.15) is 12.0 Å². The van der Waals surface area contributed by atoms with Crippen molar-refractivity contribution in [1.29, 1.82) is 0 Å². The van der Waals surface area contributed by atoms with Gasteiger partial charge in [0.05, 0.1) is 0 Å². The van der Waals surface area contributed by atoms with Gasteiger partial charge < -0.3 is 19.4 Å². The summed E-state index contributed by atoms with van der Waals surface area (Å²) in [5.41, 5.74) is -0.452. The first-order chi connectivity index (χ1) is 8.78. The van der Waals surface area contributed by atoms with Gasteiger partial charge in [-0.25, -0.2) is 9.78 Å². The van der Waals surface area contributed by atoms with E-state index in [4.69, 9.17) is 9.52 Å². The van der Waals surface area contributed by atoms with Gasteiger partial charge in [-0.05, 0) is 12.1 Å². The molecule has 1 unspecified atom stereocenters. The number of aromatic nitrogens is 1. The van der Waals surface area contributed by atoms with Crippen LogP contribution in [0, 0.1) is 0 Å². The molecule has 0 aliphatic heterocycles. The number of halogens is 3. The zero-order valence-corrected chi connectivity index (χ0v) is 9.01. The summed E-state index contributed by atoms with van der Waals surface area (Å²) in [5, 5.41) is 17.8. The maximum Gasteiger partial charge on any atom is 0.573 e. The molecule has 0 spiro atoms. The van der Waals surface area contributed by atoms with E-state index in [1.165, 1.54) is 12.1 Å². The molecule has 2 N–H and O–H groups in total. The van der Waals surface area contributed by atoms with Gasteiger partial charge in [0.2, 0.25) is 12.0 Å². The number of aliphatic hydroxyl groups is 1. The second-order valence-electron chi connectivity index (χ2n) is 3.44. The Morgan fingerprint density at radius 1 is 1.42 bits per heavy atom. The summed E-state index contributed by atoms with van der Waals surface area (Å²) in [4.78, 5) is 14.0. The highest BCUT2D eigenvalue weighted by atomic mass is 19.4. The minimum atomic E-state index is -4.92. The highest BCUT2D eigenvalue weighted by Crippen LogP contribution is 2.31. The fraction of sp³-hybridized carbons (Fsp3) is 0.200. The summed E-state index contributed by atoms with van der Waals surface area (Å²) in [6.45, 7) is 0. The van der Waals surface area contributed by atoms with Gasteiger partial charge in [0.15, 0.2) is 16.8 Å². The van der Waals surface area contributed by atoms with Crippen LogP contribution in [-0.4, -0.2) is 27.5 Å². The molecule has 0 aliphatic rings. The van der Waals surface area contributed by atoms with Crippen molar-refractivity contribution < 1.29 is 37.3 Å². The largest absolute Gasteiger partial charge is 0.573 e. The number of nitrogens with zero attached hydrogens (tertiary/aromatic N) is 1. The predicted molar refractivity (Wildman–Crippen MR) is 53.3 cm³/mol. The fourth-order valence-electron chi connectivity index (χ4n) is 1.37. The summed E-state index contributed by atoms with van der Waals surface area (Å²) < 4.78 is 45.0. The number of aliphatic carboxylic acids is 1. The van der Waals surface area contributed by atoms with E-state index in [-0.39, 0.29) is 11.1 Å². The molecule has 9 heteroatoms. The van der Waals surface area contributed by atoms with Gasteiger partial charge in [-0.1, -0.05) is 6.07 Å². The minimum Gasteiger partial charge on any atom is -0.479 e. The molecule has 1 aromatic heterocycles. The molecule has 2 aromatic rings. The summed E-state index contributed by atoms with van der Waals surface area (Å²) in [6, 6.07) is 3.48. The number of ether oxygens (including phenoxy) is 1. The normalized spacial score (nSPS) is 13.5. The standard InChI is InChI=1S/C10H6F3NO5/c11-10(12,13)19-5-3-1-2-4-6(5)14-8(18-4)7(15)9(16)17/h1-3,7,15H,(H,16,17). The van der Waals surface area contributed by atoms with Crippen molar-refractivity contribution in [3.05, 3.63) is 24.1 Å². The lowest BCUT2D eigenvalue weighted by Crippen LogP contribution is -2.17. The highest BCUT2D eigenvalue weighted by Gasteiger charge is 2.33. The molecule has 19 heavy (non-hydrogen) atoms. The number of carbonyl (C=O) groups is 1. The first kappa shape index (κ1) is 13.1. The van der Waals surface area contributed by atoms with Crippen LogP contribution in [0.15, 0.2) is 22.6 Å². The van der Waals surface area contributed by atoms with Gasteiger partial charge in [-0.3, -0.25) is 0 Å². The van der Waals surface area contributed by atoms with Crippen LogP contribution in [0.25, 0.3) is 11.1 Å². The molecule has 6 nitrogen and oxygen atoms in total. The number of carboxylic acid groups (broad SMARTS) is 1. The van der Waals surface area contributed by atoms with Crippen molar-refractivity contribution >= 4 is 17.1 Å². The fourth-order valence-corrected chi connectivity index (χ4v) is 1.37. The third-order valence-corrected chi connectivity index (χ3v) is 2.09. The van der Waals surface area contributed by atoms with Crippen LogP contribution >= 0.6 is 0 Å². The smallest absolute Gasteiger partial charge is 0.479 e. The van der Waals surface area contributed by atoms with Crippen LogP contribution in [0.4, 0.5) is 13.2 Å². The number of oxazole rings is 1. The van der Waals surface area contributed by atoms with E-state index < -0.39 is 30.1 Å².